The van der Waals surface area contributed by atoms with Crippen molar-refractivity contribution in [1.29, 1.82) is 0 Å². The predicted octanol–water partition coefficient (Wildman–Crippen LogP) is 1.28. The molecule has 0 aliphatic carbocycles. The lowest BCUT2D eigenvalue weighted by molar-refractivity contribution is -0.384. The Morgan fingerprint density at radius 3 is 2.71 bits per heavy atom. The molecule has 114 valence electrons. The topological polar surface area (TPSA) is 127 Å². The Morgan fingerprint density at radius 2 is 2.19 bits per heavy atom. The fourth-order valence-corrected chi connectivity index (χ4v) is 4.06. The Bertz CT molecular complexity index is 685. The molecule has 1 fully saturated rings. The van der Waals surface area contributed by atoms with E-state index in [1.807, 2.05) is 0 Å². The number of non-ortho nitro benzene ring substituents is 1. The molecule has 0 amide bonds. The molecule has 1 heterocycles. The van der Waals surface area contributed by atoms with Gasteiger partial charge in [0.05, 0.1) is 27.2 Å². The number of sulfone groups is 1. The van der Waals surface area contributed by atoms with Crippen LogP contribution in [0.1, 0.15) is 23.2 Å². The van der Waals surface area contributed by atoms with Crippen molar-refractivity contribution >= 4 is 27.2 Å². The number of nitro benzene ring substituents is 1. The molecule has 1 aromatic carbocycles. The summed E-state index contributed by atoms with van der Waals surface area (Å²) in [5.41, 5.74) is -0.327. The van der Waals surface area contributed by atoms with Crippen LogP contribution in [-0.2, 0) is 9.84 Å². The van der Waals surface area contributed by atoms with E-state index in [4.69, 9.17) is 5.11 Å². The lowest BCUT2D eigenvalue weighted by Crippen LogP contribution is -2.25. The van der Waals surface area contributed by atoms with Crippen LogP contribution in [0.3, 0.4) is 0 Å². The SMILES string of the molecule is O=C(O)c1ccc([N+](=O)[O-])cc1NCC1CCCS1(=O)=O. The molecule has 21 heavy (non-hydrogen) atoms. The van der Waals surface area contributed by atoms with Gasteiger partial charge < -0.3 is 10.4 Å². The van der Waals surface area contributed by atoms with Gasteiger partial charge in [-0.3, -0.25) is 10.1 Å². The standard InChI is InChI=1S/C12H14N2O6S/c15-12(16)10-4-3-8(14(17)18)6-11(10)13-7-9-2-1-5-21(9,19)20/h3-4,6,9,13H,1-2,5,7H2,(H,15,16). The number of carbonyl (C=O) groups is 1. The highest BCUT2D eigenvalue weighted by molar-refractivity contribution is 7.92. The predicted molar refractivity (Wildman–Crippen MR) is 75.4 cm³/mol. The molecule has 0 saturated carbocycles. The molecule has 1 unspecified atom stereocenters. The van der Waals surface area contributed by atoms with Crippen LogP contribution in [0.15, 0.2) is 18.2 Å². The second kappa shape index (κ2) is 5.68. The van der Waals surface area contributed by atoms with Gasteiger partial charge in [0.15, 0.2) is 9.84 Å². The van der Waals surface area contributed by atoms with Gasteiger partial charge in [-0.05, 0) is 18.9 Å². The third-order valence-corrected chi connectivity index (χ3v) is 5.70. The second-order valence-electron chi connectivity index (χ2n) is 4.80. The summed E-state index contributed by atoms with van der Waals surface area (Å²) in [4.78, 5) is 21.2. The summed E-state index contributed by atoms with van der Waals surface area (Å²) in [6.07, 6.45) is 1.09. The highest BCUT2D eigenvalue weighted by Crippen LogP contribution is 2.25. The molecule has 2 N–H and O–H groups in total. The molecule has 2 rings (SSSR count). The van der Waals surface area contributed by atoms with Gasteiger partial charge in [-0.25, -0.2) is 13.2 Å². The minimum absolute atomic E-state index is 0.0454. The second-order valence-corrected chi connectivity index (χ2v) is 7.20. The van der Waals surface area contributed by atoms with Crippen LogP contribution >= 0.6 is 0 Å². The summed E-state index contributed by atoms with van der Waals surface area (Å²) in [5.74, 6) is -1.11. The Hall–Kier alpha value is -2.16. The van der Waals surface area contributed by atoms with Crippen LogP contribution in [-0.4, -0.2) is 42.0 Å². The number of benzene rings is 1. The molecule has 1 atom stereocenters. The highest BCUT2D eigenvalue weighted by Gasteiger charge is 2.31. The molecule has 1 aliphatic heterocycles. The van der Waals surface area contributed by atoms with Gasteiger partial charge in [0.2, 0.25) is 0 Å². The van der Waals surface area contributed by atoms with E-state index in [0.717, 1.165) is 18.2 Å². The zero-order valence-electron chi connectivity index (χ0n) is 11.0. The molecule has 8 nitrogen and oxygen atoms in total. The van der Waals surface area contributed by atoms with Gasteiger partial charge in [0.1, 0.15) is 0 Å². The van der Waals surface area contributed by atoms with E-state index in [1.54, 1.807) is 0 Å². The average molecular weight is 314 g/mol. The van der Waals surface area contributed by atoms with Gasteiger partial charge in [0, 0.05) is 18.7 Å². The monoisotopic (exact) mass is 314 g/mol. The number of carboxylic acids is 1. The van der Waals surface area contributed by atoms with Crippen molar-refractivity contribution in [2.24, 2.45) is 0 Å². The van der Waals surface area contributed by atoms with Gasteiger partial charge in [-0.1, -0.05) is 0 Å². The van der Waals surface area contributed by atoms with E-state index < -0.39 is 26.0 Å². The number of rotatable bonds is 5. The molecular weight excluding hydrogens is 300 g/mol. The van der Waals surface area contributed by atoms with Crippen LogP contribution in [0.4, 0.5) is 11.4 Å². The zero-order valence-corrected chi connectivity index (χ0v) is 11.8. The number of anilines is 1. The Balaban J connectivity index is 2.23. The summed E-state index contributed by atoms with van der Waals surface area (Å²) >= 11 is 0. The summed E-state index contributed by atoms with van der Waals surface area (Å²) < 4.78 is 23.4. The smallest absolute Gasteiger partial charge is 0.337 e. The van der Waals surface area contributed by atoms with E-state index in [2.05, 4.69) is 5.32 Å². The van der Waals surface area contributed by atoms with Crippen molar-refractivity contribution in [2.75, 3.05) is 17.6 Å². The number of nitrogens with one attached hydrogen (secondary N) is 1. The molecule has 0 bridgehead atoms. The molecule has 1 aliphatic rings. The normalized spacial score (nSPS) is 20.1. The maximum atomic E-state index is 11.7. The van der Waals surface area contributed by atoms with Gasteiger partial charge in [-0.15, -0.1) is 0 Å². The molecule has 1 aromatic rings. The van der Waals surface area contributed by atoms with E-state index in [0.29, 0.717) is 12.8 Å². The number of nitro groups is 1. The fraction of sp³-hybridized carbons (Fsp3) is 0.417. The zero-order chi connectivity index (χ0) is 15.6. The van der Waals surface area contributed by atoms with E-state index in [-0.39, 0.29) is 29.2 Å². The van der Waals surface area contributed by atoms with Crippen molar-refractivity contribution in [3.05, 3.63) is 33.9 Å². The maximum absolute atomic E-state index is 11.7. The van der Waals surface area contributed by atoms with E-state index >= 15 is 0 Å². The summed E-state index contributed by atoms with van der Waals surface area (Å²) in [5, 5.41) is 21.9. The Labute approximate surface area is 120 Å². The largest absolute Gasteiger partial charge is 0.478 e. The van der Waals surface area contributed by atoms with Crippen LogP contribution in [0.25, 0.3) is 0 Å². The first kappa shape index (κ1) is 15.2. The third kappa shape index (κ3) is 3.30. The number of hydrogen-bond acceptors (Lipinski definition) is 6. The minimum Gasteiger partial charge on any atom is -0.478 e. The number of aromatic carboxylic acids is 1. The first-order valence-electron chi connectivity index (χ1n) is 6.28. The quantitative estimate of drug-likeness (QED) is 0.619. The van der Waals surface area contributed by atoms with Crippen molar-refractivity contribution in [3.8, 4) is 0 Å². The Kier molecular flexibility index (Phi) is 4.12. The van der Waals surface area contributed by atoms with Gasteiger partial charge >= 0.3 is 5.97 Å². The minimum atomic E-state index is -3.16. The maximum Gasteiger partial charge on any atom is 0.337 e. The van der Waals surface area contributed by atoms with Crippen molar-refractivity contribution < 1.29 is 23.2 Å². The number of carboxylic acid groups (broad SMARTS) is 1. The van der Waals surface area contributed by atoms with Gasteiger partial charge in [-0.2, -0.15) is 0 Å². The lowest BCUT2D eigenvalue weighted by Gasteiger charge is -2.13. The third-order valence-electron chi connectivity index (χ3n) is 3.43. The number of nitrogens with zero attached hydrogens (tertiary/aromatic N) is 1. The van der Waals surface area contributed by atoms with Crippen molar-refractivity contribution in [1.82, 2.24) is 0 Å². The molecule has 9 heteroatoms. The summed E-state index contributed by atoms with van der Waals surface area (Å²) in [7, 11) is -3.16. The lowest BCUT2D eigenvalue weighted by atomic mass is 10.1. The molecule has 0 radical (unpaired) electrons. The van der Waals surface area contributed by atoms with E-state index in [9.17, 15) is 23.3 Å². The van der Waals surface area contributed by atoms with Crippen molar-refractivity contribution in [2.45, 2.75) is 18.1 Å². The highest BCUT2D eigenvalue weighted by atomic mass is 32.2. The summed E-state index contributed by atoms with van der Waals surface area (Å²) in [6, 6.07) is 3.33. The van der Waals surface area contributed by atoms with Gasteiger partial charge in [0.25, 0.3) is 5.69 Å². The van der Waals surface area contributed by atoms with Crippen LogP contribution in [0.5, 0.6) is 0 Å². The molecular formula is C12H14N2O6S. The van der Waals surface area contributed by atoms with Crippen molar-refractivity contribution in [3.63, 3.8) is 0 Å². The Morgan fingerprint density at radius 1 is 1.48 bits per heavy atom. The summed E-state index contributed by atoms with van der Waals surface area (Å²) in [6.45, 7) is 0.0454. The van der Waals surface area contributed by atoms with Crippen LogP contribution in [0.2, 0.25) is 0 Å². The first-order chi connectivity index (χ1) is 9.81. The van der Waals surface area contributed by atoms with Crippen LogP contribution in [0, 0.1) is 10.1 Å². The number of hydrogen-bond donors (Lipinski definition) is 2. The first-order valence-corrected chi connectivity index (χ1v) is 8.00. The molecule has 0 aromatic heterocycles. The van der Waals surface area contributed by atoms with E-state index in [1.165, 1.54) is 0 Å². The average Bonchev–Trinajstić information content (AvgIpc) is 2.74. The fourth-order valence-electron chi connectivity index (χ4n) is 2.29. The molecule has 1 saturated heterocycles. The molecule has 0 spiro atoms. The van der Waals surface area contributed by atoms with Crippen LogP contribution < -0.4 is 5.32 Å².